The van der Waals surface area contributed by atoms with Crippen LogP contribution in [0.25, 0.3) is 0 Å². The molecular formula is C9H6O9. The van der Waals surface area contributed by atoms with Gasteiger partial charge in [0.25, 0.3) is 0 Å². The SMILES string of the molecule is O=C(OO)c1ccc(C(=O)OO)c(C(=O)OO)c1. The van der Waals surface area contributed by atoms with E-state index in [-0.39, 0.29) is 5.56 Å². The summed E-state index contributed by atoms with van der Waals surface area (Å²) in [5.41, 5.74) is -1.34. The highest BCUT2D eigenvalue weighted by Crippen LogP contribution is 2.15. The molecule has 0 aliphatic heterocycles. The number of carbonyl (C=O) groups excluding carboxylic acids is 3. The Morgan fingerprint density at radius 1 is 0.778 bits per heavy atom. The van der Waals surface area contributed by atoms with Crippen LogP contribution in [-0.4, -0.2) is 33.7 Å². The molecule has 0 bridgehead atoms. The minimum absolute atomic E-state index is 0.299. The van der Waals surface area contributed by atoms with Gasteiger partial charge in [0, 0.05) is 0 Å². The Morgan fingerprint density at radius 3 is 1.78 bits per heavy atom. The molecule has 9 heteroatoms. The molecule has 0 unspecified atom stereocenters. The van der Waals surface area contributed by atoms with Crippen LogP contribution >= 0.6 is 0 Å². The molecule has 96 valence electrons. The Balaban J connectivity index is 3.33. The lowest BCUT2D eigenvalue weighted by Gasteiger charge is -2.05. The van der Waals surface area contributed by atoms with Crippen molar-refractivity contribution < 1.29 is 44.8 Å². The molecule has 0 atom stereocenters. The third-order valence-corrected chi connectivity index (χ3v) is 1.94. The zero-order valence-electron chi connectivity index (χ0n) is 8.52. The van der Waals surface area contributed by atoms with Crippen molar-refractivity contribution in [3.05, 3.63) is 34.9 Å². The molecule has 0 aromatic heterocycles. The van der Waals surface area contributed by atoms with Gasteiger partial charge >= 0.3 is 17.9 Å². The summed E-state index contributed by atoms with van der Waals surface area (Å²) in [6, 6.07) is 2.74. The lowest BCUT2D eigenvalue weighted by atomic mass is 10.0. The summed E-state index contributed by atoms with van der Waals surface area (Å²) >= 11 is 0. The fourth-order valence-electron chi connectivity index (χ4n) is 1.17. The van der Waals surface area contributed by atoms with Crippen LogP contribution in [0.15, 0.2) is 18.2 Å². The van der Waals surface area contributed by atoms with E-state index in [0.29, 0.717) is 0 Å². The molecule has 1 rings (SSSR count). The van der Waals surface area contributed by atoms with Gasteiger partial charge in [-0.25, -0.2) is 14.4 Å². The van der Waals surface area contributed by atoms with Crippen LogP contribution in [0.1, 0.15) is 31.1 Å². The van der Waals surface area contributed by atoms with Crippen LogP contribution in [0.2, 0.25) is 0 Å². The quantitative estimate of drug-likeness (QED) is 0.403. The molecule has 0 spiro atoms. The van der Waals surface area contributed by atoms with Crippen LogP contribution in [0, 0.1) is 0 Å². The van der Waals surface area contributed by atoms with Crippen molar-refractivity contribution in [1.29, 1.82) is 0 Å². The molecule has 0 heterocycles. The van der Waals surface area contributed by atoms with Crippen molar-refractivity contribution in [2.45, 2.75) is 0 Å². The first-order valence-electron chi connectivity index (χ1n) is 4.26. The molecule has 0 saturated heterocycles. The molecule has 9 nitrogen and oxygen atoms in total. The fraction of sp³-hybridized carbons (Fsp3) is 0. The summed E-state index contributed by atoms with van der Waals surface area (Å²) < 4.78 is 0. The molecule has 0 amide bonds. The first-order chi connectivity index (χ1) is 8.54. The lowest BCUT2D eigenvalue weighted by Crippen LogP contribution is -2.14. The average molecular weight is 258 g/mol. The third-order valence-electron chi connectivity index (χ3n) is 1.94. The zero-order valence-corrected chi connectivity index (χ0v) is 8.52. The summed E-state index contributed by atoms with van der Waals surface area (Å²) in [7, 11) is 0. The predicted molar refractivity (Wildman–Crippen MR) is 50.6 cm³/mol. The topological polar surface area (TPSA) is 140 Å². The van der Waals surface area contributed by atoms with E-state index in [0.717, 1.165) is 18.2 Å². The minimum Gasteiger partial charge on any atom is -0.296 e. The maximum atomic E-state index is 11.1. The third kappa shape index (κ3) is 2.60. The Labute approximate surface area is 98.5 Å². The van der Waals surface area contributed by atoms with Crippen molar-refractivity contribution in [2.24, 2.45) is 0 Å². The molecule has 0 fully saturated rings. The van der Waals surface area contributed by atoms with Gasteiger partial charge in [0.1, 0.15) is 0 Å². The molecule has 1 aromatic rings. The summed E-state index contributed by atoms with van der Waals surface area (Å²) in [6.07, 6.45) is 0. The van der Waals surface area contributed by atoms with E-state index in [1.54, 1.807) is 0 Å². The summed E-state index contributed by atoms with van der Waals surface area (Å²) in [6.45, 7) is 0. The molecule has 0 aliphatic rings. The summed E-state index contributed by atoms with van der Waals surface area (Å²) in [5.74, 6) is -3.88. The standard InChI is InChI=1S/C9H6O9/c10-7(16-13)4-1-2-5(8(11)17-14)6(3-4)9(12)18-15/h1-3,13-15H. The highest BCUT2D eigenvalue weighted by atomic mass is 17.1. The van der Waals surface area contributed by atoms with Crippen LogP contribution in [0.4, 0.5) is 0 Å². The van der Waals surface area contributed by atoms with Crippen LogP contribution in [-0.2, 0) is 14.7 Å². The first-order valence-corrected chi connectivity index (χ1v) is 4.26. The lowest BCUT2D eigenvalue weighted by molar-refractivity contribution is -0.185. The number of carbonyl (C=O) groups is 3. The van der Waals surface area contributed by atoms with Gasteiger partial charge in [0.15, 0.2) is 0 Å². The maximum Gasteiger partial charge on any atom is 0.373 e. The molecule has 18 heavy (non-hydrogen) atoms. The van der Waals surface area contributed by atoms with E-state index < -0.39 is 29.0 Å². The zero-order chi connectivity index (χ0) is 13.7. The van der Waals surface area contributed by atoms with Gasteiger partial charge in [-0.3, -0.25) is 14.7 Å². The van der Waals surface area contributed by atoms with E-state index in [1.807, 2.05) is 0 Å². The van der Waals surface area contributed by atoms with E-state index in [1.165, 1.54) is 0 Å². The van der Waals surface area contributed by atoms with E-state index >= 15 is 0 Å². The van der Waals surface area contributed by atoms with Gasteiger partial charge in [0.05, 0.1) is 16.7 Å². The Kier molecular flexibility index (Phi) is 4.32. The molecule has 0 saturated carbocycles. The van der Waals surface area contributed by atoms with Crippen LogP contribution < -0.4 is 0 Å². The molecule has 0 radical (unpaired) electrons. The number of rotatable bonds is 3. The fourth-order valence-corrected chi connectivity index (χ4v) is 1.17. The van der Waals surface area contributed by atoms with Gasteiger partial charge in [-0.05, 0) is 18.2 Å². The van der Waals surface area contributed by atoms with Crippen LogP contribution in [0.3, 0.4) is 0 Å². The van der Waals surface area contributed by atoms with E-state index in [4.69, 9.17) is 15.8 Å². The summed E-state index contributed by atoms with van der Waals surface area (Å²) in [5, 5.41) is 24.6. The van der Waals surface area contributed by atoms with Gasteiger partial charge in [-0.15, -0.1) is 0 Å². The molecular weight excluding hydrogens is 252 g/mol. The van der Waals surface area contributed by atoms with E-state index in [9.17, 15) is 14.4 Å². The van der Waals surface area contributed by atoms with E-state index in [2.05, 4.69) is 14.7 Å². The highest BCUT2D eigenvalue weighted by molar-refractivity contribution is 6.04. The van der Waals surface area contributed by atoms with Gasteiger partial charge in [-0.2, -0.15) is 15.8 Å². The maximum absolute atomic E-state index is 11.1. The Morgan fingerprint density at radius 2 is 1.28 bits per heavy atom. The minimum atomic E-state index is -1.37. The molecule has 3 N–H and O–H groups in total. The second-order valence-corrected chi connectivity index (χ2v) is 2.90. The van der Waals surface area contributed by atoms with Crippen molar-refractivity contribution in [3.8, 4) is 0 Å². The van der Waals surface area contributed by atoms with Crippen molar-refractivity contribution in [2.75, 3.05) is 0 Å². The number of hydrogen-bond acceptors (Lipinski definition) is 9. The molecule has 0 aliphatic carbocycles. The van der Waals surface area contributed by atoms with Crippen molar-refractivity contribution >= 4 is 17.9 Å². The highest BCUT2D eigenvalue weighted by Gasteiger charge is 2.22. The van der Waals surface area contributed by atoms with Gasteiger partial charge < -0.3 is 0 Å². The summed E-state index contributed by atoms with van der Waals surface area (Å²) in [4.78, 5) is 43.4. The average Bonchev–Trinajstić information content (AvgIpc) is 2.43. The van der Waals surface area contributed by atoms with Crippen LogP contribution in [0.5, 0.6) is 0 Å². The smallest absolute Gasteiger partial charge is 0.296 e. The number of hydrogen-bond donors (Lipinski definition) is 3. The monoisotopic (exact) mass is 258 g/mol. The van der Waals surface area contributed by atoms with Crippen molar-refractivity contribution in [1.82, 2.24) is 0 Å². The number of benzene rings is 1. The Bertz CT molecular complexity index is 493. The molecule has 1 aromatic carbocycles. The predicted octanol–water partition coefficient (Wildman–Crippen LogP) is 0.576. The largest absolute Gasteiger partial charge is 0.373 e. The normalized spacial score (nSPS) is 9.50. The van der Waals surface area contributed by atoms with Gasteiger partial charge in [0.2, 0.25) is 0 Å². The van der Waals surface area contributed by atoms with Gasteiger partial charge in [-0.1, -0.05) is 0 Å². The second-order valence-electron chi connectivity index (χ2n) is 2.90. The Hall–Kier alpha value is -2.49. The van der Waals surface area contributed by atoms with Crippen molar-refractivity contribution in [3.63, 3.8) is 0 Å². The first kappa shape index (κ1) is 13.6. The second kappa shape index (κ2) is 5.72.